The van der Waals surface area contributed by atoms with Crippen LogP contribution in [0.4, 0.5) is 15.8 Å². The van der Waals surface area contributed by atoms with Crippen LogP contribution in [-0.4, -0.2) is 23.8 Å². The molecule has 0 saturated carbocycles. The van der Waals surface area contributed by atoms with Crippen LogP contribution in [0.1, 0.15) is 39.8 Å². The van der Waals surface area contributed by atoms with Gasteiger partial charge in [-0.3, -0.25) is 0 Å². The van der Waals surface area contributed by atoms with Gasteiger partial charge < -0.3 is 16.6 Å². The molecule has 5 rings (SSSR count). The van der Waals surface area contributed by atoms with E-state index in [2.05, 4.69) is 66.7 Å². The maximum Gasteiger partial charge on any atom is 0.115 e. The van der Waals surface area contributed by atoms with Crippen LogP contribution in [-0.2, 0) is 11.8 Å². The third-order valence-electron chi connectivity index (χ3n) is 7.36. The van der Waals surface area contributed by atoms with E-state index in [1.165, 1.54) is 22.3 Å². The summed E-state index contributed by atoms with van der Waals surface area (Å²) in [5.41, 5.74) is 22.4. The minimum atomic E-state index is -0.978. The first-order valence-electron chi connectivity index (χ1n) is 12.5. The number of aliphatic hydroxyl groups excluding tert-OH is 1. The summed E-state index contributed by atoms with van der Waals surface area (Å²) in [5, 5.41) is 9.71. The van der Waals surface area contributed by atoms with Gasteiger partial charge in [0.1, 0.15) is 6.67 Å². The molecule has 1 unspecified atom stereocenters. The Morgan fingerprint density at radius 1 is 0.838 bits per heavy atom. The normalized spacial score (nSPS) is 14.5. The van der Waals surface area contributed by atoms with Crippen molar-refractivity contribution >= 4 is 29.1 Å². The topological polar surface area (TPSA) is 72.3 Å². The number of alkyl halides is 2. The van der Waals surface area contributed by atoms with E-state index in [1.807, 2.05) is 30.4 Å². The SMILES string of the molecule is Nc1cc(C2(c3ccc(CCC(O)CF)c(N)c3)c3ccccc3-c3ccccc32)ccc1/C=C/CCl. The van der Waals surface area contributed by atoms with E-state index in [0.717, 1.165) is 22.3 Å². The number of anilines is 2. The number of allylic oxidation sites excluding steroid dienone is 1. The number of fused-ring (bicyclic) bond motifs is 3. The molecule has 0 spiro atoms. The van der Waals surface area contributed by atoms with Crippen LogP contribution in [0.15, 0.2) is 91.0 Å². The Balaban J connectivity index is 1.75. The molecule has 188 valence electrons. The fourth-order valence-corrected chi connectivity index (χ4v) is 5.70. The third kappa shape index (κ3) is 4.30. The summed E-state index contributed by atoms with van der Waals surface area (Å²) in [6.07, 6.45) is 3.67. The van der Waals surface area contributed by atoms with Gasteiger partial charge in [-0.15, -0.1) is 11.6 Å². The number of hydrogen-bond acceptors (Lipinski definition) is 3. The van der Waals surface area contributed by atoms with Gasteiger partial charge in [0.15, 0.2) is 0 Å². The number of halogens is 2. The highest BCUT2D eigenvalue weighted by Crippen LogP contribution is 2.56. The van der Waals surface area contributed by atoms with E-state index < -0.39 is 18.2 Å². The smallest absolute Gasteiger partial charge is 0.115 e. The molecule has 4 aromatic rings. The Morgan fingerprint density at radius 2 is 1.43 bits per heavy atom. The van der Waals surface area contributed by atoms with E-state index >= 15 is 0 Å². The summed E-state index contributed by atoms with van der Waals surface area (Å²) >= 11 is 5.86. The second-order valence-electron chi connectivity index (χ2n) is 9.50. The predicted molar refractivity (Wildman–Crippen MR) is 153 cm³/mol. The fraction of sp³-hybridized carbons (Fsp3) is 0.188. The van der Waals surface area contributed by atoms with Gasteiger partial charge in [-0.2, -0.15) is 0 Å². The molecule has 0 radical (unpaired) electrons. The second-order valence-corrected chi connectivity index (χ2v) is 9.81. The van der Waals surface area contributed by atoms with Crippen molar-refractivity contribution in [3.63, 3.8) is 0 Å². The Morgan fingerprint density at radius 3 is 2.00 bits per heavy atom. The second kappa shape index (κ2) is 10.4. The van der Waals surface area contributed by atoms with E-state index in [1.54, 1.807) is 0 Å². The number of aryl methyl sites for hydroxylation is 1. The Kier molecular flexibility index (Phi) is 7.05. The van der Waals surface area contributed by atoms with E-state index in [-0.39, 0.29) is 0 Å². The summed E-state index contributed by atoms with van der Waals surface area (Å²) in [4.78, 5) is 0. The monoisotopic (exact) mass is 512 g/mol. The maximum atomic E-state index is 12.8. The molecule has 1 aliphatic carbocycles. The first kappa shape index (κ1) is 25.1. The molecule has 0 amide bonds. The van der Waals surface area contributed by atoms with Crippen molar-refractivity contribution in [2.75, 3.05) is 24.0 Å². The van der Waals surface area contributed by atoms with Crippen molar-refractivity contribution in [3.05, 3.63) is 124 Å². The molecule has 0 heterocycles. The zero-order valence-corrected chi connectivity index (χ0v) is 21.3. The standard InChI is InChI=1S/C32H30ClFN2O/c33-17-5-6-21-11-14-23(18-30(21)35)32(24-15-12-22(31(36)19-24)13-16-25(37)20-34)28-9-3-1-7-26(28)27-8-2-4-10-29(27)32/h1-12,14-15,18-19,25,37H,13,16-17,20,35-36H2/b6-5+. The van der Waals surface area contributed by atoms with Crippen LogP contribution in [0.25, 0.3) is 17.2 Å². The number of benzene rings is 4. The van der Waals surface area contributed by atoms with Crippen LogP contribution in [0.3, 0.4) is 0 Å². The molecular weight excluding hydrogens is 483 g/mol. The third-order valence-corrected chi connectivity index (χ3v) is 7.54. The minimum Gasteiger partial charge on any atom is -0.398 e. The van der Waals surface area contributed by atoms with Gasteiger partial charge >= 0.3 is 0 Å². The number of aliphatic hydroxyl groups is 1. The van der Waals surface area contributed by atoms with Crippen molar-refractivity contribution in [3.8, 4) is 11.1 Å². The first-order valence-corrected chi connectivity index (χ1v) is 13.0. The number of nitrogen functional groups attached to an aromatic ring is 2. The molecule has 1 atom stereocenters. The lowest BCUT2D eigenvalue weighted by Gasteiger charge is -2.34. The molecule has 5 heteroatoms. The van der Waals surface area contributed by atoms with Crippen molar-refractivity contribution < 1.29 is 9.50 Å². The van der Waals surface area contributed by atoms with Gasteiger partial charge in [0.2, 0.25) is 0 Å². The van der Waals surface area contributed by atoms with Gasteiger partial charge in [0, 0.05) is 17.3 Å². The number of nitrogens with two attached hydrogens (primary N) is 2. The maximum absolute atomic E-state index is 12.8. The highest BCUT2D eigenvalue weighted by atomic mass is 35.5. The first-order chi connectivity index (χ1) is 18.0. The number of rotatable bonds is 8. The Bertz CT molecular complexity index is 1420. The van der Waals surface area contributed by atoms with Crippen molar-refractivity contribution in [2.24, 2.45) is 0 Å². The molecular formula is C32H30ClFN2O. The predicted octanol–water partition coefficient (Wildman–Crippen LogP) is 6.73. The van der Waals surface area contributed by atoms with Gasteiger partial charge in [-0.25, -0.2) is 4.39 Å². The van der Waals surface area contributed by atoms with Gasteiger partial charge in [-0.05, 0) is 69.5 Å². The lowest BCUT2D eigenvalue weighted by Crippen LogP contribution is -2.29. The van der Waals surface area contributed by atoms with E-state index in [4.69, 9.17) is 23.1 Å². The zero-order chi connectivity index (χ0) is 26.0. The lowest BCUT2D eigenvalue weighted by molar-refractivity contribution is 0.131. The molecule has 3 nitrogen and oxygen atoms in total. The van der Waals surface area contributed by atoms with E-state index in [9.17, 15) is 9.50 Å². The van der Waals surface area contributed by atoms with Crippen LogP contribution >= 0.6 is 11.6 Å². The van der Waals surface area contributed by atoms with Crippen LogP contribution in [0.5, 0.6) is 0 Å². The van der Waals surface area contributed by atoms with Crippen LogP contribution in [0.2, 0.25) is 0 Å². The molecule has 4 aromatic carbocycles. The Hall–Kier alpha value is -3.60. The van der Waals surface area contributed by atoms with Crippen molar-refractivity contribution in [1.29, 1.82) is 0 Å². The van der Waals surface area contributed by atoms with E-state index in [0.29, 0.717) is 30.1 Å². The molecule has 0 saturated heterocycles. The van der Waals surface area contributed by atoms with Gasteiger partial charge in [-0.1, -0.05) is 84.9 Å². The summed E-state index contributed by atoms with van der Waals surface area (Å²) in [6.45, 7) is -0.758. The van der Waals surface area contributed by atoms with Gasteiger partial charge in [0.05, 0.1) is 11.5 Å². The highest BCUT2D eigenvalue weighted by Gasteiger charge is 2.46. The lowest BCUT2D eigenvalue weighted by atomic mass is 9.67. The summed E-state index contributed by atoms with van der Waals surface area (Å²) in [6, 6.07) is 29.3. The summed E-state index contributed by atoms with van der Waals surface area (Å²) in [7, 11) is 0. The molecule has 1 aliphatic rings. The molecule has 0 bridgehead atoms. The molecule has 37 heavy (non-hydrogen) atoms. The van der Waals surface area contributed by atoms with Crippen LogP contribution in [0, 0.1) is 0 Å². The fourth-order valence-electron chi connectivity index (χ4n) is 5.61. The Labute approximate surface area is 222 Å². The highest BCUT2D eigenvalue weighted by molar-refractivity contribution is 6.19. The average molecular weight is 513 g/mol. The van der Waals surface area contributed by atoms with Crippen LogP contribution < -0.4 is 11.5 Å². The zero-order valence-electron chi connectivity index (χ0n) is 20.5. The summed E-state index contributed by atoms with van der Waals surface area (Å²) in [5.74, 6) is 0.417. The number of hydrogen-bond donors (Lipinski definition) is 3. The largest absolute Gasteiger partial charge is 0.398 e. The molecule has 0 aromatic heterocycles. The van der Waals surface area contributed by atoms with Gasteiger partial charge in [0.25, 0.3) is 0 Å². The van der Waals surface area contributed by atoms with Crippen molar-refractivity contribution in [1.82, 2.24) is 0 Å². The average Bonchev–Trinajstić information content (AvgIpc) is 3.23. The minimum absolute atomic E-state index is 0.324. The molecule has 5 N–H and O–H groups in total. The quantitative estimate of drug-likeness (QED) is 0.159. The molecule has 0 aliphatic heterocycles. The summed E-state index contributed by atoms with van der Waals surface area (Å²) < 4.78 is 12.8. The van der Waals surface area contributed by atoms with Crippen molar-refractivity contribution in [2.45, 2.75) is 24.4 Å². The molecule has 0 fully saturated rings.